The fourth-order valence-corrected chi connectivity index (χ4v) is 5.42. The van der Waals surface area contributed by atoms with E-state index in [0.29, 0.717) is 31.0 Å². The summed E-state index contributed by atoms with van der Waals surface area (Å²) >= 11 is 13.2. The van der Waals surface area contributed by atoms with E-state index in [9.17, 15) is 9.59 Å². The lowest BCUT2D eigenvalue weighted by Crippen LogP contribution is -2.16. The predicted octanol–water partition coefficient (Wildman–Crippen LogP) is 8.37. The Balaban J connectivity index is 0.000000455. The molecule has 6 rings (SSSR count). The first kappa shape index (κ1) is 27.4. The van der Waals surface area contributed by atoms with Gasteiger partial charge in [-0.25, -0.2) is 0 Å². The van der Waals surface area contributed by atoms with Crippen LogP contribution in [-0.2, 0) is 9.47 Å². The number of benzene rings is 4. The van der Waals surface area contributed by atoms with Crippen LogP contribution in [0.15, 0.2) is 94.7 Å². The second-order valence-corrected chi connectivity index (χ2v) is 10.8. The van der Waals surface area contributed by atoms with Crippen LogP contribution in [-0.4, -0.2) is 38.0 Å². The normalized spacial score (nSPS) is 14.7. The summed E-state index contributed by atoms with van der Waals surface area (Å²) in [6, 6.07) is 25.7. The van der Waals surface area contributed by atoms with E-state index in [1.54, 1.807) is 48.5 Å². The molecule has 1 fully saturated rings. The molecule has 39 heavy (non-hydrogen) atoms. The molecule has 7 heteroatoms. The fraction of sp³-hybridized carbons (Fsp3) is 0.125. The smallest absolute Gasteiger partial charge is 0.199 e. The van der Waals surface area contributed by atoms with E-state index >= 15 is 0 Å². The first-order valence-corrected chi connectivity index (χ1v) is 14.0. The van der Waals surface area contributed by atoms with Crippen LogP contribution in [0.3, 0.4) is 0 Å². The lowest BCUT2D eigenvalue weighted by molar-refractivity contribution is -0.0334. The molecule has 2 heterocycles. The number of ether oxygens (including phenoxy) is 2. The number of Topliss-reactive ketones (excluding diaryl/α,β-unsaturated/α-hetero) is 2. The molecule has 0 aromatic heterocycles. The Morgan fingerprint density at radius 3 is 1.33 bits per heavy atom. The van der Waals surface area contributed by atoms with Crippen LogP contribution in [0.2, 0.25) is 10.0 Å². The molecule has 1 saturated heterocycles. The van der Waals surface area contributed by atoms with Crippen molar-refractivity contribution in [2.24, 2.45) is 0 Å². The average Bonchev–Trinajstić information content (AvgIpc) is 3.16. The number of rotatable bonds is 4. The van der Waals surface area contributed by atoms with Gasteiger partial charge in [-0.15, -0.1) is 0 Å². The van der Waals surface area contributed by atoms with Gasteiger partial charge in [0.25, 0.3) is 0 Å². The van der Waals surface area contributed by atoms with Crippen molar-refractivity contribution < 1.29 is 19.1 Å². The number of ketones is 2. The van der Waals surface area contributed by atoms with Crippen LogP contribution in [0.1, 0.15) is 31.8 Å². The number of thioether (sulfide) groups is 1. The van der Waals surface area contributed by atoms with E-state index in [0.717, 1.165) is 48.3 Å². The van der Waals surface area contributed by atoms with Crippen molar-refractivity contribution in [3.05, 3.63) is 127 Å². The zero-order valence-corrected chi connectivity index (χ0v) is 23.2. The molecule has 2 aliphatic heterocycles. The molecule has 4 aromatic carbocycles. The quantitative estimate of drug-likeness (QED) is 0.229. The van der Waals surface area contributed by atoms with Gasteiger partial charge in [0.1, 0.15) is 0 Å². The van der Waals surface area contributed by atoms with Crippen LogP contribution in [0.5, 0.6) is 0 Å². The summed E-state index contributed by atoms with van der Waals surface area (Å²) in [6.07, 6.45) is 3.73. The summed E-state index contributed by atoms with van der Waals surface area (Å²) in [5.41, 5.74) is 2.80. The van der Waals surface area contributed by atoms with Crippen molar-refractivity contribution in [1.29, 1.82) is 0 Å². The summed E-state index contributed by atoms with van der Waals surface area (Å²) in [4.78, 5) is 27.7. The second-order valence-electron chi connectivity index (χ2n) is 8.84. The standard InChI is InChI=1S/C28H16Cl2O2S.C4H8O2/c29-23-9-5-17(6-10-23)27(31)25-15-21-13-19-3-1-2-4-20(19)14-22(21)16-26(33-25)28(32)18-7-11-24(30)12-8-18;1-2-6-4-3-5-1/h1-16H;1-4H2. The maximum atomic E-state index is 13.4. The summed E-state index contributed by atoms with van der Waals surface area (Å²) in [5, 5.41) is 3.25. The van der Waals surface area contributed by atoms with E-state index in [4.69, 9.17) is 32.7 Å². The molecule has 0 bridgehead atoms. The summed E-state index contributed by atoms with van der Waals surface area (Å²) in [7, 11) is 0. The number of fused-ring (bicyclic) bond motifs is 2. The summed E-state index contributed by atoms with van der Waals surface area (Å²) in [6.45, 7) is 3.11. The highest BCUT2D eigenvalue weighted by molar-refractivity contribution is 8.08. The maximum Gasteiger partial charge on any atom is 0.199 e. The maximum absolute atomic E-state index is 13.4. The molecule has 0 amide bonds. The van der Waals surface area contributed by atoms with Gasteiger partial charge in [-0.05, 0) is 94.7 Å². The Labute approximate surface area is 241 Å². The zero-order valence-electron chi connectivity index (χ0n) is 20.9. The fourth-order valence-electron chi connectivity index (χ4n) is 4.14. The van der Waals surface area contributed by atoms with E-state index in [1.807, 2.05) is 48.6 Å². The van der Waals surface area contributed by atoms with Crippen molar-refractivity contribution in [2.45, 2.75) is 0 Å². The first-order chi connectivity index (χ1) is 19.0. The van der Waals surface area contributed by atoms with Crippen LogP contribution in [0.4, 0.5) is 0 Å². The van der Waals surface area contributed by atoms with E-state index in [-0.39, 0.29) is 11.6 Å². The van der Waals surface area contributed by atoms with Crippen molar-refractivity contribution >= 4 is 69.5 Å². The number of halogens is 2. The van der Waals surface area contributed by atoms with Crippen molar-refractivity contribution in [3.8, 4) is 0 Å². The van der Waals surface area contributed by atoms with Crippen molar-refractivity contribution in [3.63, 3.8) is 0 Å². The van der Waals surface area contributed by atoms with Gasteiger partial charge in [0, 0.05) is 21.2 Å². The number of carbonyl (C=O) groups excluding carboxylic acids is 2. The molecule has 0 saturated carbocycles. The lowest BCUT2D eigenvalue weighted by atomic mass is 9.98. The van der Waals surface area contributed by atoms with Gasteiger partial charge in [0.2, 0.25) is 0 Å². The van der Waals surface area contributed by atoms with E-state index < -0.39 is 0 Å². The highest BCUT2D eigenvalue weighted by atomic mass is 35.5. The van der Waals surface area contributed by atoms with Crippen LogP contribution in [0.25, 0.3) is 22.9 Å². The van der Waals surface area contributed by atoms with Crippen LogP contribution < -0.4 is 0 Å². The molecule has 0 spiro atoms. The first-order valence-electron chi connectivity index (χ1n) is 12.4. The largest absolute Gasteiger partial charge is 0.377 e. The SMILES string of the molecule is C1COCCO1.O=C(C1=Cc2cc3ccccc3cc2C=C(C(=O)c2ccc(Cl)cc2)S1)c1ccc(Cl)cc1. The number of hydrogen-bond acceptors (Lipinski definition) is 5. The Morgan fingerprint density at radius 2 is 0.974 bits per heavy atom. The monoisotopic (exact) mass is 574 g/mol. The van der Waals surface area contributed by atoms with E-state index in [2.05, 4.69) is 0 Å². The van der Waals surface area contributed by atoms with Gasteiger partial charge < -0.3 is 9.47 Å². The molecular weight excluding hydrogens is 551 g/mol. The van der Waals surface area contributed by atoms with E-state index in [1.165, 1.54) is 11.8 Å². The highest BCUT2D eigenvalue weighted by Gasteiger charge is 2.23. The van der Waals surface area contributed by atoms with Crippen molar-refractivity contribution in [2.75, 3.05) is 26.4 Å². The minimum absolute atomic E-state index is 0.160. The third-order valence-corrected chi connectivity index (χ3v) is 7.70. The van der Waals surface area contributed by atoms with Gasteiger partial charge in [-0.3, -0.25) is 9.59 Å². The Hall–Kier alpha value is -3.19. The third kappa shape index (κ3) is 6.88. The molecule has 0 aliphatic carbocycles. The summed E-state index contributed by atoms with van der Waals surface area (Å²) < 4.78 is 9.89. The zero-order chi connectivity index (χ0) is 27.2. The van der Waals surface area contributed by atoms with Gasteiger partial charge in [-0.1, -0.05) is 59.2 Å². The number of hydrogen-bond donors (Lipinski definition) is 0. The molecule has 2 aliphatic rings. The van der Waals surface area contributed by atoms with Gasteiger partial charge in [-0.2, -0.15) is 0 Å². The van der Waals surface area contributed by atoms with Crippen molar-refractivity contribution in [1.82, 2.24) is 0 Å². The predicted molar refractivity (Wildman–Crippen MR) is 161 cm³/mol. The summed E-state index contributed by atoms with van der Waals surface area (Å²) in [5.74, 6) is -0.319. The topological polar surface area (TPSA) is 52.6 Å². The lowest BCUT2D eigenvalue weighted by Gasteiger charge is -2.09. The minimum Gasteiger partial charge on any atom is -0.377 e. The molecule has 0 N–H and O–H groups in total. The molecule has 0 unspecified atom stereocenters. The Morgan fingerprint density at radius 1 is 0.590 bits per heavy atom. The highest BCUT2D eigenvalue weighted by Crippen LogP contribution is 2.39. The number of carbonyl (C=O) groups is 2. The Kier molecular flexibility index (Phi) is 8.97. The Bertz CT molecular complexity index is 1450. The third-order valence-electron chi connectivity index (χ3n) is 6.15. The minimum atomic E-state index is -0.160. The molecule has 0 radical (unpaired) electrons. The number of allylic oxidation sites excluding steroid dienone is 2. The molecule has 4 aromatic rings. The molecular formula is C32H24Cl2O4S. The van der Waals surface area contributed by atoms with Gasteiger partial charge >= 0.3 is 0 Å². The van der Waals surface area contributed by atoms with Gasteiger partial charge in [0.05, 0.1) is 36.2 Å². The van der Waals surface area contributed by atoms with Gasteiger partial charge in [0.15, 0.2) is 11.6 Å². The van der Waals surface area contributed by atoms with Crippen LogP contribution in [0, 0.1) is 0 Å². The molecule has 196 valence electrons. The molecule has 4 nitrogen and oxygen atoms in total. The average molecular weight is 576 g/mol. The van der Waals surface area contributed by atoms with Crippen LogP contribution >= 0.6 is 35.0 Å². The second kappa shape index (κ2) is 12.8. The molecule has 0 atom stereocenters.